The Morgan fingerprint density at radius 3 is 2.48 bits per heavy atom. The van der Waals surface area contributed by atoms with Crippen molar-refractivity contribution in [3.8, 4) is 11.5 Å². The van der Waals surface area contributed by atoms with E-state index in [4.69, 9.17) is 9.47 Å². The van der Waals surface area contributed by atoms with Gasteiger partial charge in [0.2, 0.25) is 0 Å². The van der Waals surface area contributed by atoms with Gasteiger partial charge < -0.3 is 14.6 Å². The van der Waals surface area contributed by atoms with Gasteiger partial charge in [-0.05, 0) is 48.9 Å². The van der Waals surface area contributed by atoms with Crippen LogP contribution in [0.5, 0.6) is 11.5 Å². The quantitative estimate of drug-likeness (QED) is 0.829. The fourth-order valence-electron chi connectivity index (χ4n) is 1.91. The highest BCUT2D eigenvalue weighted by atomic mass is 16.5. The van der Waals surface area contributed by atoms with E-state index in [1.54, 1.807) is 37.4 Å². The summed E-state index contributed by atoms with van der Waals surface area (Å²) in [5.74, 6) is 1.32. The Morgan fingerprint density at radius 2 is 1.86 bits per heavy atom. The van der Waals surface area contributed by atoms with Crippen LogP contribution in [0.3, 0.4) is 0 Å². The first kappa shape index (κ1) is 15.1. The van der Waals surface area contributed by atoms with Crippen LogP contribution < -0.4 is 9.47 Å². The van der Waals surface area contributed by atoms with Crippen LogP contribution in [0.2, 0.25) is 0 Å². The Morgan fingerprint density at radius 1 is 1.14 bits per heavy atom. The van der Waals surface area contributed by atoms with Crippen LogP contribution in [0.1, 0.15) is 28.9 Å². The lowest BCUT2D eigenvalue weighted by Gasteiger charge is -2.13. The smallest absolute Gasteiger partial charge is 0.159 e. The fraction of sp³-hybridized carbons (Fsp3) is 0.235. The van der Waals surface area contributed by atoms with E-state index < -0.39 is 6.10 Å². The van der Waals surface area contributed by atoms with Gasteiger partial charge in [0.15, 0.2) is 5.78 Å². The minimum Gasteiger partial charge on any atom is -0.497 e. The third kappa shape index (κ3) is 4.07. The van der Waals surface area contributed by atoms with Gasteiger partial charge in [0.05, 0.1) is 7.11 Å². The van der Waals surface area contributed by atoms with E-state index >= 15 is 0 Å². The van der Waals surface area contributed by atoms with Crippen LogP contribution in [0.15, 0.2) is 48.5 Å². The van der Waals surface area contributed by atoms with Crippen molar-refractivity contribution in [1.29, 1.82) is 0 Å². The zero-order chi connectivity index (χ0) is 15.2. The normalized spacial score (nSPS) is 11.8. The molecule has 4 heteroatoms. The number of hydrogen-bond donors (Lipinski definition) is 1. The van der Waals surface area contributed by atoms with Gasteiger partial charge in [0.1, 0.15) is 24.2 Å². The minimum atomic E-state index is -0.743. The summed E-state index contributed by atoms with van der Waals surface area (Å²) in [4.78, 5) is 11.2. The van der Waals surface area contributed by atoms with E-state index in [2.05, 4.69) is 0 Å². The molecule has 0 aromatic heterocycles. The van der Waals surface area contributed by atoms with Gasteiger partial charge in [-0.2, -0.15) is 0 Å². The molecule has 0 heterocycles. The highest BCUT2D eigenvalue weighted by Gasteiger charge is 2.09. The summed E-state index contributed by atoms with van der Waals surface area (Å²) in [7, 11) is 1.58. The molecule has 2 aromatic rings. The van der Waals surface area contributed by atoms with Gasteiger partial charge in [-0.3, -0.25) is 4.79 Å². The van der Waals surface area contributed by atoms with Crippen LogP contribution in [0, 0.1) is 0 Å². The molecule has 0 amide bonds. The number of aliphatic hydroxyl groups excluding tert-OH is 1. The monoisotopic (exact) mass is 286 g/mol. The number of carbonyl (C=O) groups excluding carboxylic acids is 1. The maximum absolute atomic E-state index is 11.2. The van der Waals surface area contributed by atoms with Crippen LogP contribution in [-0.2, 0) is 0 Å². The molecule has 0 fully saturated rings. The molecular weight excluding hydrogens is 268 g/mol. The molecule has 0 aliphatic carbocycles. The third-order valence-corrected chi connectivity index (χ3v) is 3.15. The van der Waals surface area contributed by atoms with Gasteiger partial charge in [-0.15, -0.1) is 0 Å². The molecule has 0 saturated carbocycles. The zero-order valence-corrected chi connectivity index (χ0v) is 12.1. The second kappa shape index (κ2) is 6.90. The zero-order valence-electron chi connectivity index (χ0n) is 12.1. The van der Waals surface area contributed by atoms with Crippen molar-refractivity contribution in [2.75, 3.05) is 13.7 Å². The number of rotatable bonds is 6. The van der Waals surface area contributed by atoms with Gasteiger partial charge in [0.25, 0.3) is 0 Å². The summed E-state index contributed by atoms with van der Waals surface area (Å²) < 4.78 is 10.6. The summed E-state index contributed by atoms with van der Waals surface area (Å²) in [6, 6.07) is 14.1. The van der Waals surface area contributed by atoms with Gasteiger partial charge >= 0.3 is 0 Å². The van der Waals surface area contributed by atoms with Crippen molar-refractivity contribution in [1.82, 2.24) is 0 Å². The SMILES string of the molecule is COc1cccc(C(O)COc2ccc(C(C)=O)cc2)c1. The summed E-state index contributed by atoms with van der Waals surface area (Å²) in [5.41, 5.74) is 1.37. The molecule has 0 spiro atoms. The van der Waals surface area contributed by atoms with Crippen LogP contribution in [0.25, 0.3) is 0 Å². The van der Waals surface area contributed by atoms with Crippen molar-refractivity contribution in [3.63, 3.8) is 0 Å². The van der Waals surface area contributed by atoms with Crippen molar-refractivity contribution in [2.24, 2.45) is 0 Å². The molecule has 21 heavy (non-hydrogen) atoms. The van der Waals surface area contributed by atoms with Crippen molar-refractivity contribution in [2.45, 2.75) is 13.0 Å². The number of carbonyl (C=O) groups is 1. The van der Waals surface area contributed by atoms with Crippen LogP contribution in [0.4, 0.5) is 0 Å². The van der Waals surface area contributed by atoms with Crippen molar-refractivity contribution >= 4 is 5.78 Å². The molecule has 1 N–H and O–H groups in total. The standard InChI is InChI=1S/C17H18O4/c1-12(18)13-6-8-15(9-7-13)21-11-17(19)14-4-3-5-16(10-14)20-2/h3-10,17,19H,11H2,1-2H3. The second-order valence-electron chi connectivity index (χ2n) is 4.68. The average Bonchev–Trinajstić information content (AvgIpc) is 2.53. The van der Waals surface area contributed by atoms with E-state index in [9.17, 15) is 9.90 Å². The van der Waals surface area contributed by atoms with Crippen molar-refractivity contribution < 1.29 is 19.4 Å². The number of methoxy groups -OCH3 is 1. The molecular formula is C17H18O4. The Labute approximate surface area is 123 Å². The minimum absolute atomic E-state index is 0.0120. The predicted molar refractivity (Wildman–Crippen MR) is 79.9 cm³/mol. The lowest BCUT2D eigenvalue weighted by Crippen LogP contribution is -2.09. The second-order valence-corrected chi connectivity index (χ2v) is 4.68. The Balaban J connectivity index is 1.96. The number of ketones is 1. The molecule has 0 aliphatic heterocycles. The number of benzene rings is 2. The molecule has 0 bridgehead atoms. The largest absolute Gasteiger partial charge is 0.497 e. The first-order valence-electron chi connectivity index (χ1n) is 6.66. The highest BCUT2D eigenvalue weighted by molar-refractivity contribution is 5.94. The summed E-state index contributed by atoms with van der Waals surface area (Å²) in [6.45, 7) is 1.65. The third-order valence-electron chi connectivity index (χ3n) is 3.15. The number of aliphatic hydroxyl groups is 1. The molecule has 110 valence electrons. The Kier molecular flexibility index (Phi) is 4.95. The van der Waals surface area contributed by atoms with E-state index in [0.717, 1.165) is 5.56 Å². The number of ether oxygens (including phenoxy) is 2. The van der Waals surface area contributed by atoms with Crippen LogP contribution in [-0.4, -0.2) is 24.6 Å². The van der Waals surface area contributed by atoms with Crippen molar-refractivity contribution in [3.05, 3.63) is 59.7 Å². The summed E-state index contributed by atoms with van der Waals surface area (Å²) >= 11 is 0. The molecule has 1 atom stereocenters. The lowest BCUT2D eigenvalue weighted by molar-refractivity contribution is 0.101. The van der Waals surface area contributed by atoms with Crippen LogP contribution >= 0.6 is 0 Å². The molecule has 0 saturated heterocycles. The van der Waals surface area contributed by atoms with Gasteiger partial charge in [0, 0.05) is 5.56 Å². The first-order valence-corrected chi connectivity index (χ1v) is 6.66. The predicted octanol–water partition coefficient (Wildman–Crippen LogP) is 3.01. The lowest BCUT2D eigenvalue weighted by atomic mass is 10.1. The Hall–Kier alpha value is -2.33. The Bertz CT molecular complexity index is 604. The van der Waals surface area contributed by atoms with E-state index in [-0.39, 0.29) is 12.4 Å². The molecule has 0 aliphatic rings. The van der Waals surface area contributed by atoms with E-state index in [0.29, 0.717) is 17.1 Å². The molecule has 2 aromatic carbocycles. The van der Waals surface area contributed by atoms with E-state index in [1.165, 1.54) is 6.92 Å². The highest BCUT2D eigenvalue weighted by Crippen LogP contribution is 2.20. The number of hydrogen-bond acceptors (Lipinski definition) is 4. The first-order chi connectivity index (χ1) is 10.1. The topological polar surface area (TPSA) is 55.8 Å². The molecule has 1 unspecified atom stereocenters. The van der Waals surface area contributed by atoms with E-state index in [1.807, 2.05) is 18.2 Å². The molecule has 2 rings (SSSR count). The fourth-order valence-corrected chi connectivity index (χ4v) is 1.91. The maximum Gasteiger partial charge on any atom is 0.159 e. The molecule has 0 radical (unpaired) electrons. The maximum atomic E-state index is 11.2. The number of Topliss-reactive ketones (excluding diaryl/α,β-unsaturated/α-hetero) is 1. The average molecular weight is 286 g/mol. The summed E-state index contributed by atoms with van der Waals surface area (Å²) in [6.07, 6.45) is -0.743. The van der Waals surface area contributed by atoms with Gasteiger partial charge in [-0.25, -0.2) is 0 Å². The summed E-state index contributed by atoms with van der Waals surface area (Å²) in [5, 5.41) is 10.1. The molecule has 4 nitrogen and oxygen atoms in total. The van der Waals surface area contributed by atoms with Gasteiger partial charge in [-0.1, -0.05) is 12.1 Å².